The van der Waals surface area contributed by atoms with Crippen LogP contribution in [0, 0.1) is 28.5 Å². The first-order valence-electron chi connectivity index (χ1n) is 11.9. The Labute approximate surface area is 184 Å². The molecule has 4 fully saturated rings. The van der Waals surface area contributed by atoms with Crippen molar-refractivity contribution in [3.05, 3.63) is 35.1 Å². The molecule has 2 aliphatic heterocycles. The molecular weight excluding hydrogens is 391 g/mol. The highest BCUT2D eigenvalue weighted by Crippen LogP contribution is 2.56. The van der Waals surface area contributed by atoms with Gasteiger partial charge in [-0.25, -0.2) is 4.39 Å². The fraction of sp³-hybridized carbons (Fsp3) is 0.680. The lowest BCUT2D eigenvalue weighted by Crippen LogP contribution is -2.50. The molecule has 2 saturated carbocycles. The van der Waals surface area contributed by atoms with Crippen molar-refractivity contribution in [2.24, 2.45) is 11.3 Å². The molecule has 166 valence electrons. The molecule has 5 rings (SSSR count). The van der Waals surface area contributed by atoms with Gasteiger partial charge in [-0.05, 0) is 99.5 Å². The van der Waals surface area contributed by atoms with Gasteiger partial charge in [-0.2, -0.15) is 5.26 Å². The molecule has 1 aromatic rings. The van der Waals surface area contributed by atoms with E-state index in [9.17, 15) is 14.4 Å². The maximum absolute atomic E-state index is 14.9. The van der Waals surface area contributed by atoms with Crippen LogP contribution in [0.3, 0.4) is 0 Å². The number of fused-ring (bicyclic) bond motifs is 2. The van der Waals surface area contributed by atoms with E-state index in [4.69, 9.17) is 0 Å². The smallest absolute Gasteiger partial charge is 0.238 e. The molecule has 2 N–H and O–H groups in total. The predicted molar refractivity (Wildman–Crippen MR) is 117 cm³/mol. The molecule has 6 heteroatoms. The summed E-state index contributed by atoms with van der Waals surface area (Å²) in [6.07, 6.45) is 8.28. The molecule has 2 aliphatic carbocycles. The standard InChI is InChI=1S/C25H33FN4O/c1-30-8-6-25(7-9-30)13-19(14-25)16-2-3-17(22(26)12-16)10-21(15-27)29-24(31)23-18-4-5-20(11-18)28-23/h2-3,12,18-21,23,28H,4-11,13-14H2,1H3,(H,29,31)/t18?,20?,21-,23?/m0/s1. The Balaban J connectivity index is 1.17. The molecule has 3 unspecified atom stereocenters. The molecule has 1 aromatic carbocycles. The molecule has 2 bridgehead atoms. The van der Waals surface area contributed by atoms with Crippen molar-refractivity contribution in [1.29, 1.82) is 5.26 Å². The number of carbonyl (C=O) groups is 1. The van der Waals surface area contributed by atoms with Gasteiger partial charge < -0.3 is 15.5 Å². The van der Waals surface area contributed by atoms with Crippen LogP contribution in [0.4, 0.5) is 4.39 Å². The van der Waals surface area contributed by atoms with Crippen molar-refractivity contribution < 1.29 is 9.18 Å². The normalized spacial score (nSPS) is 30.7. The highest BCUT2D eigenvalue weighted by molar-refractivity contribution is 5.83. The second kappa shape index (κ2) is 8.18. The summed E-state index contributed by atoms with van der Waals surface area (Å²) < 4.78 is 14.9. The lowest BCUT2D eigenvalue weighted by atomic mass is 9.56. The third-order valence-electron chi connectivity index (χ3n) is 8.49. The number of benzene rings is 1. The summed E-state index contributed by atoms with van der Waals surface area (Å²) in [6, 6.07) is 7.18. The first-order valence-corrected chi connectivity index (χ1v) is 11.9. The summed E-state index contributed by atoms with van der Waals surface area (Å²) in [6.45, 7) is 2.33. The van der Waals surface area contributed by atoms with Crippen LogP contribution in [-0.2, 0) is 11.2 Å². The average molecular weight is 425 g/mol. The number of amides is 1. The average Bonchev–Trinajstić information content (AvgIpc) is 3.37. The Bertz CT molecular complexity index is 880. The Morgan fingerprint density at radius 2 is 2.13 bits per heavy atom. The van der Waals surface area contributed by atoms with Gasteiger partial charge in [-0.1, -0.05) is 12.1 Å². The van der Waals surface area contributed by atoms with E-state index in [1.807, 2.05) is 12.1 Å². The van der Waals surface area contributed by atoms with Gasteiger partial charge in [0.15, 0.2) is 0 Å². The number of likely N-dealkylation sites (tertiary alicyclic amines) is 1. The van der Waals surface area contributed by atoms with Crippen LogP contribution in [0.2, 0.25) is 0 Å². The van der Waals surface area contributed by atoms with Crippen LogP contribution in [0.25, 0.3) is 0 Å². The van der Waals surface area contributed by atoms with E-state index in [-0.39, 0.29) is 24.2 Å². The molecule has 31 heavy (non-hydrogen) atoms. The zero-order valence-corrected chi connectivity index (χ0v) is 18.4. The van der Waals surface area contributed by atoms with Crippen molar-refractivity contribution >= 4 is 5.91 Å². The maximum Gasteiger partial charge on any atom is 0.238 e. The number of nitrogens with one attached hydrogen (secondary N) is 2. The molecular formula is C25H33FN4O. The van der Waals surface area contributed by atoms with Gasteiger partial charge in [0.1, 0.15) is 11.9 Å². The number of piperidine rings is 2. The lowest BCUT2D eigenvalue weighted by molar-refractivity contribution is -0.124. The van der Waals surface area contributed by atoms with Crippen LogP contribution in [0.15, 0.2) is 18.2 Å². The number of hydrogen-bond donors (Lipinski definition) is 2. The second-order valence-corrected chi connectivity index (χ2v) is 10.6. The largest absolute Gasteiger partial charge is 0.339 e. The zero-order chi connectivity index (χ0) is 21.6. The number of hydrogen-bond acceptors (Lipinski definition) is 4. The van der Waals surface area contributed by atoms with Gasteiger partial charge in [-0.15, -0.1) is 0 Å². The number of carbonyl (C=O) groups excluding carboxylic acids is 1. The molecule has 1 amide bonds. The van der Waals surface area contributed by atoms with Crippen LogP contribution in [-0.4, -0.2) is 49.1 Å². The molecule has 0 radical (unpaired) electrons. The van der Waals surface area contributed by atoms with Crippen LogP contribution in [0.5, 0.6) is 0 Å². The number of nitriles is 1. The second-order valence-electron chi connectivity index (χ2n) is 10.6. The molecule has 2 saturated heterocycles. The first-order chi connectivity index (χ1) is 14.9. The van der Waals surface area contributed by atoms with E-state index in [0.717, 1.165) is 37.7 Å². The third kappa shape index (κ3) is 4.10. The summed E-state index contributed by atoms with van der Waals surface area (Å²) in [4.78, 5) is 15.0. The van der Waals surface area contributed by atoms with E-state index < -0.39 is 6.04 Å². The SMILES string of the molecule is CN1CCC2(CC1)CC(c1ccc(C[C@@H](C#N)NC(=O)C3NC4CCC3C4)c(F)c1)C2. The van der Waals surface area contributed by atoms with Crippen LogP contribution >= 0.6 is 0 Å². The molecule has 4 aliphatic rings. The fourth-order valence-corrected chi connectivity index (χ4v) is 6.47. The molecule has 4 atom stereocenters. The summed E-state index contributed by atoms with van der Waals surface area (Å²) in [7, 11) is 2.18. The number of nitrogens with zero attached hydrogens (tertiary/aromatic N) is 2. The van der Waals surface area contributed by atoms with E-state index >= 15 is 0 Å². The van der Waals surface area contributed by atoms with E-state index in [2.05, 4.69) is 28.7 Å². The van der Waals surface area contributed by atoms with E-state index in [1.54, 1.807) is 6.07 Å². The van der Waals surface area contributed by atoms with Gasteiger partial charge in [0.05, 0.1) is 12.1 Å². The van der Waals surface area contributed by atoms with Gasteiger partial charge in [0.25, 0.3) is 0 Å². The predicted octanol–water partition coefficient (Wildman–Crippen LogP) is 3.11. The Kier molecular flexibility index (Phi) is 5.52. The molecule has 1 spiro atoms. The van der Waals surface area contributed by atoms with Crippen molar-refractivity contribution in [1.82, 2.24) is 15.5 Å². The Morgan fingerprint density at radius 3 is 2.74 bits per heavy atom. The number of halogens is 1. The zero-order valence-electron chi connectivity index (χ0n) is 18.4. The highest BCUT2D eigenvalue weighted by Gasteiger charge is 2.46. The molecule has 0 aromatic heterocycles. The van der Waals surface area contributed by atoms with Crippen molar-refractivity contribution in [2.45, 2.75) is 75.4 Å². The van der Waals surface area contributed by atoms with E-state index in [0.29, 0.717) is 28.9 Å². The summed E-state index contributed by atoms with van der Waals surface area (Å²) >= 11 is 0. The summed E-state index contributed by atoms with van der Waals surface area (Å²) in [5.41, 5.74) is 2.05. The van der Waals surface area contributed by atoms with Gasteiger partial charge >= 0.3 is 0 Å². The topological polar surface area (TPSA) is 68.2 Å². The monoisotopic (exact) mass is 424 g/mol. The number of rotatable bonds is 5. The fourth-order valence-electron chi connectivity index (χ4n) is 6.47. The minimum absolute atomic E-state index is 0.117. The Hall–Kier alpha value is -1.97. The van der Waals surface area contributed by atoms with Crippen molar-refractivity contribution in [3.63, 3.8) is 0 Å². The lowest BCUT2D eigenvalue weighted by Gasteiger charge is -2.52. The summed E-state index contributed by atoms with van der Waals surface area (Å²) in [5.74, 6) is 0.445. The first kappa shape index (κ1) is 20.9. The highest BCUT2D eigenvalue weighted by atomic mass is 19.1. The molecule has 5 nitrogen and oxygen atoms in total. The van der Waals surface area contributed by atoms with Gasteiger partial charge in [0.2, 0.25) is 5.91 Å². The van der Waals surface area contributed by atoms with Gasteiger partial charge in [0, 0.05) is 12.5 Å². The molecule has 2 heterocycles. The minimum Gasteiger partial charge on any atom is -0.339 e. The van der Waals surface area contributed by atoms with Gasteiger partial charge in [-0.3, -0.25) is 4.79 Å². The van der Waals surface area contributed by atoms with Crippen molar-refractivity contribution in [3.8, 4) is 6.07 Å². The minimum atomic E-state index is -0.708. The van der Waals surface area contributed by atoms with Crippen molar-refractivity contribution in [2.75, 3.05) is 20.1 Å². The van der Waals surface area contributed by atoms with E-state index in [1.165, 1.54) is 25.9 Å². The third-order valence-corrected chi connectivity index (χ3v) is 8.49. The van der Waals surface area contributed by atoms with Crippen LogP contribution in [0.1, 0.15) is 62.0 Å². The Morgan fingerprint density at radius 1 is 1.35 bits per heavy atom. The summed E-state index contributed by atoms with van der Waals surface area (Å²) in [5, 5.41) is 15.7. The maximum atomic E-state index is 14.9. The quantitative estimate of drug-likeness (QED) is 0.762. The van der Waals surface area contributed by atoms with Crippen LogP contribution < -0.4 is 10.6 Å².